The first kappa shape index (κ1) is 13.8. The summed E-state index contributed by atoms with van der Waals surface area (Å²) >= 11 is 5.89. The Kier molecular flexibility index (Phi) is 5.29. The summed E-state index contributed by atoms with van der Waals surface area (Å²) in [6, 6.07) is 5.16. The monoisotopic (exact) mass is 255 g/mol. The molecule has 17 heavy (non-hydrogen) atoms. The van der Waals surface area contributed by atoms with E-state index in [0.717, 1.165) is 12.8 Å². The van der Waals surface area contributed by atoms with Gasteiger partial charge in [-0.05, 0) is 24.6 Å². The molecule has 0 spiro atoms. The van der Waals surface area contributed by atoms with E-state index < -0.39 is 0 Å². The predicted molar refractivity (Wildman–Crippen MR) is 70.7 cm³/mol. The van der Waals surface area contributed by atoms with Gasteiger partial charge >= 0.3 is 0 Å². The molecule has 0 saturated heterocycles. The quantitative estimate of drug-likeness (QED) is 0.871. The van der Waals surface area contributed by atoms with E-state index in [1.54, 1.807) is 25.3 Å². The number of rotatable bonds is 5. The maximum absolute atomic E-state index is 11.9. The van der Waals surface area contributed by atoms with Gasteiger partial charge in [-0.25, -0.2) is 0 Å². The summed E-state index contributed by atoms with van der Waals surface area (Å²) in [7, 11) is 1.56. The zero-order valence-corrected chi connectivity index (χ0v) is 11.2. The van der Waals surface area contributed by atoms with Gasteiger partial charge in [0.1, 0.15) is 5.75 Å². The molecule has 1 amide bonds. The molecule has 0 fully saturated rings. The summed E-state index contributed by atoms with van der Waals surface area (Å²) in [5, 5.41) is 3.41. The summed E-state index contributed by atoms with van der Waals surface area (Å²) in [5.41, 5.74) is 0.618. The average molecular weight is 256 g/mol. The van der Waals surface area contributed by atoms with Crippen LogP contribution in [0.1, 0.15) is 26.7 Å². The number of methoxy groups -OCH3 is 1. The average Bonchev–Trinajstić information content (AvgIpc) is 2.29. The molecule has 0 aliphatic heterocycles. The van der Waals surface area contributed by atoms with Crippen molar-refractivity contribution in [2.75, 3.05) is 12.4 Å². The Balaban J connectivity index is 2.79. The largest absolute Gasteiger partial charge is 0.495 e. The lowest BCUT2D eigenvalue weighted by molar-refractivity contribution is -0.119. The molecule has 1 aromatic carbocycles. The highest BCUT2D eigenvalue weighted by atomic mass is 35.5. The zero-order chi connectivity index (χ0) is 12.8. The molecular weight excluding hydrogens is 238 g/mol. The summed E-state index contributed by atoms with van der Waals surface area (Å²) in [5.74, 6) is 0.600. The van der Waals surface area contributed by atoms with E-state index in [4.69, 9.17) is 16.3 Å². The standard InChI is InChI=1S/C13H18ClNO2/c1-4-5-9(2)13(16)15-11-8-10(14)6-7-12(11)17-3/h6-9H,4-5H2,1-3H3,(H,15,16)/t9-/m0/s1. The van der Waals surface area contributed by atoms with Crippen LogP contribution in [0.3, 0.4) is 0 Å². The van der Waals surface area contributed by atoms with E-state index in [1.165, 1.54) is 0 Å². The number of halogens is 1. The molecule has 0 aliphatic carbocycles. The minimum absolute atomic E-state index is 0.00702. The van der Waals surface area contributed by atoms with E-state index in [-0.39, 0.29) is 11.8 Å². The molecule has 0 saturated carbocycles. The molecule has 1 aromatic rings. The maximum atomic E-state index is 11.9. The van der Waals surface area contributed by atoms with Crippen molar-refractivity contribution in [1.29, 1.82) is 0 Å². The molecule has 0 bridgehead atoms. The molecule has 0 radical (unpaired) electrons. The third-order valence-electron chi connectivity index (χ3n) is 2.59. The van der Waals surface area contributed by atoms with Gasteiger partial charge in [0.15, 0.2) is 0 Å². The highest BCUT2D eigenvalue weighted by Gasteiger charge is 2.14. The van der Waals surface area contributed by atoms with Crippen LogP contribution in [-0.2, 0) is 4.79 Å². The van der Waals surface area contributed by atoms with Crippen molar-refractivity contribution in [3.63, 3.8) is 0 Å². The third-order valence-corrected chi connectivity index (χ3v) is 2.82. The summed E-state index contributed by atoms with van der Waals surface area (Å²) in [6.07, 6.45) is 1.86. The Morgan fingerprint density at radius 1 is 1.53 bits per heavy atom. The number of hydrogen-bond donors (Lipinski definition) is 1. The highest BCUT2D eigenvalue weighted by Crippen LogP contribution is 2.28. The van der Waals surface area contributed by atoms with Crippen LogP contribution in [0.4, 0.5) is 5.69 Å². The first-order valence-corrected chi connectivity index (χ1v) is 6.10. The SMILES string of the molecule is CCC[C@H](C)C(=O)Nc1cc(Cl)ccc1OC. The van der Waals surface area contributed by atoms with Gasteiger partial charge < -0.3 is 10.1 Å². The number of hydrogen-bond acceptors (Lipinski definition) is 2. The lowest BCUT2D eigenvalue weighted by Crippen LogP contribution is -2.20. The second-order valence-electron chi connectivity index (χ2n) is 4.02. The topological polar surface area (TPSA) is 38.3 Å². The summed E-state index contributed by atoms with van der Waals surface area (Å²) in [4.78, 5) is 11.9. The van der Waals surface area contributed by atoms with Gasteiger partial charge in [0, 0.05) is 10.9 Å². The van der Waals surface area contributed by atoms with Crippen molar-refractivity contribution in [2.45, 2.75) is 26.7 Å². The first-order valence-electron chi connectivity index (χ1n) is 5.72. The Morgan fingerprint density at radius 2 is 2.24 bits per heavy atom. The Labute approximate surface area is 107 Å². The van der Waals surface area contributed by atoms with Gasteiger partial charge in [-0.15, -0.1) is 0 Å². The van der Waals surface area contributed by atoms with Crippen LogP contribution in [0.2, 0.25) is 5.02 Å². The molecule has 0 aromatic heterocycles. The summed E-state index contributed by atoms with van der Waals surface area (Å²) < 4.78 is 5.17. The van der Waals surface area contributed by atoms with Crippen LogP contribution < -0.4 is 10.1 Å². The Bertz CT molecular complexity index is 393. The number of nitrogens with one attached hydrogen (secondary N) is 1. The van der Waals surface area contributed by atoms with Crippen molar-refractivity contribution >= 4 is 23.2 Å². The Morgan fingerprint density at radius 3 is 2.82 bits per heavy atom. The van der Waals surface area contributed by atoms with Crippen LogP contribution in [0.15, 0.2) is 18.2 Å². The van der Waals surface area contributed by atoms with Crippen molar-refractivity contribution in [2.24, 2.45) is 5.92 Å². The molecule has 0 aliphatic rings. The number of carbonyl (C=O) groups is 1. The predicted octanol–water partition coefficient (Wildman–Crippen LogP) is 3.72. The molecular formula is C13H18ClNO2. The molecule has 0 heterocycles. The van der Waals surface area contributed by atoms with Gasteiger partial charge in [-0.3, -0.25) is 4.79 Å². The van der Waals surface area contributed by atoms with Crippen LogP contribution in [-0.4, -0.2) is 13.0 Å². The number of carbonyl (C=O) groups excluding carboxylic acids is 1. The molecule has 1 rings (SSSR count). The number of anilines is 1. The van der Waals surface area contributed by atoms with E-state index in [0.29, 0.717) is 16.5 Å². The molecule has 4 heteroatoms. The molecule has 94 valence electrons. The van der Waals surface area contributed by atoms with Crippen LogP contribution in [0.25, 0.3) is 0 Å². The normalized spacial score (nSPS) is 12.0. The first-order chi connectivity index (χ1) is 8.08. The zero-order valence-electron chi connectivity index (χ0n) is 10.4. The van der Waals surface area contributed by atoms with E-state index in [2.05, 4.69) is 12.2 Å². The fourth-order valence-corrected chi connectivity index (χ4v) is 1.77. The van der Waals surface area contributed by atoms with E-state index >= 15 is 0 Å². The van der Waals surface area contributed by atoms with Crippen LogP contribution in [0.5, 0.6) is 5.75 Å². The van der Waals surface area contributed by atoms with Gasteiger partial charge in [-0.2, -0.15) is 0 Å². The molecule has 0 unspecified atom stereocenters. The summed E-state index contributed by atoms with van der Waals surface area (Å²) in [6.45, 7) is 3.97. The molecule has 1 atom stereocenters. The van der Waals surface area contributed by atoms with Crippen molar-refractivity contribution < 1.29 is 9.53 Å². The maximum Gasteiger partial charge on any atom is 0.227 e. The van der Waals surface area contributed by atoms with Crippen molar-refractivity contribution in [1.82, 2.24) is 0 Å². The van der Waals surface area contributed by atoms with E-state index in [1.807, 2.05) is 6.92 Å². The number of amides is 1. The lowest BCUT2D eigenvalue weighted by atomic mass is 10.1. The molecule has 3 nitrogen and oxygen atoms in total. The smallest absolute Gasteiger partial charge is 0.227 e. The van der Waals surface area contributed by atoms with Crippen LogP contribution >= 0.6 is 11.6 Å². The van der Waals surface area contributed by atoms with Gasteiger partial charge in [0.2, 0.25) is 5.91 Å². The Hall–Kier alpha value is -1.22. The van der Waals surface area contributed by atoms with E-state index in [9.17, 15) is 4.79 Å². The van der Waals surface area contributed by atoms with Gasteiger partial charge in [0.05, 0.1) is 12.8 Å². The highest BCUT2D eigenvalue weighted by molar-refractivity contribution is 6.31. The lowest BCUT2D eigenvalue weighted by Gasteiger charge is -2.14. The fourth-order valence-electron chi connectivity index (χ4n) is 1.60. The van der Waals surface area contributed by atoms with Crippen molar-refractivity contribution in [3.05, 3.63) is 23.2 Å². The van der Waals surface area contributed by atoms with Gasteiger partial charge in [-0.1, -0.05) is 31.9 Å². The molecule has 1 N–H and O–H groups in total. The van der Waals surface area contributed by atoms with Gasteiger partial charge in [0.25, 0.3) is 0 Å². The number of ether oxygens (including phenoxy) is 1. The second-order valence-corrected chi connectivity index (χ2v) is 4.46. The number of benzene rings is 1. The minimum Gasteiger partial charge on any atom is -0.495 e. The second kappa shape index (κ2) is 6.50. The van der Waals surface area contributed by atoms with Crippen molar-refractivity contribution in [3.8, 4) is 5.75 Å². The third kappa shape index (κ3) is 3.93. The van der Waals surface area contributed by atoms with Crippen LogP contribution in [0, 0.1) is 5.92 Å². The fraction of sp³-hybridized carbons (Fsp3) is 0.462. The minimum atomic E-state index is -0.0105.